The lowest BCUT2D eigenvalue weighted by molar-refractivity contribution is -0.109. The van der Waals surface area contributed by atoms with Crippen LogP contribution < -0.4 is 38.0 Å². The number of nitrogens with two attached hydrogens (primary N) is 2. The van der Waals surface area contributed by atoms with Crippen molar-refractivity contribution < 1.29 is 19.5 Å². The van der Waals surface area contributed by atoms with E-state index in [1.807, 2.05) is 121 Å². The van der Waals surface area contributed by atoms with E-state index in [0.717, 1.165) is 77.4 Å². The smallest absolute Gasteiger partial charge is 0.248 e. The van der Waals surface area contributed by atoms with Crippen molar-refractivity contribution in [2.45, 2.75) is 11.3 Å². The first-order valence-corrected chi connectivity index (χ1v) is 20.3. The molecule has 0 saturated heterocycles. The molecule has 10 heteroatoms. The average molecular weight is 805 g/mol. The van der Waals surface area contributed by atoms with Gasteiger partial charge in [-0.05, 0) is 69.4 Å². The molecule has 294 valence electrons. The van der Waals surface area contributed by atoms with Gasteiger partial charge < -0.3 is 32.5 Å². The highest BCUT2D eigenvalue weighted by atomic mass is 16.3. The molecule has 10 nitrogen and oxygen atoms in total. The molecule has 2 spiro atoms. The summed E-state index contributed by atoms with van der Waals surface area (Å²) in [5.41, 5.74) is 20.5. The quantitative estimate of drug-likeness (QED) is 0.107. The number of ketones is 1. The van der Waals surface area contributed by atoms with E-state index in [9.17, 15) is 19.5 Å². The van der Waals surface area contributed by atoms with E-state index in [1.54, 1.807) is 18.2 Å². The lowest BCUT2D eigenvalue weighted by Crippen LogP contribution is -2.45. The molecule has 0 aromatic heterocycles. The van der Waals surface area contributed by atoms with Crippen LogP contribution in [0.3, 0.4) is 0 Å². The van der Waals surface area contributed by atoms with Crippen LogP contribution >= 0.6 is 0 Å². The second-order valence-corrected chi connectivity index (χ2v) is 16.5. The molecule has 2 aliphatic heterocycles. The summed E-state index contributed by atoms with van der Waals surface area (Å²) in [5.74, 6) is -1.56. The van der Waals surface area contributed by atoms with Crippen molar-refractivity contribution in [2.24, 2.45) is 16.5 Å². The van der Waals surface area contributed by atoms with E-state index >= 15 is 0 Å². The van der Waals surface area contributed by atoms with Crippen LogP contribution in [0.1, 0.15) is 48.5 Å². The van der Waals surface area contributed by atoms with E-state index < -0.39 is 23.1 Å². The van der Waals surface area contributed by atoms with Crippen molar-refractivity contribution in [2.75, 3.05) is 16.0 Å². The Hall–Kier alpha value is -8.50. The zero-order chi connectivity index (χ0) is 41.8. The van der Waals surface area contributed by atoms with Gasteiger partial charge in [0.1, 0.15) is 5.76 Å². The van der Waals surface area contributed by atoms with Gasteiger partial charge in [0.05, 0.1) is 22.2 Å². The Balaban J connectivity index is 1.06. The number of rotatable bonds is 3. The van der Waals surface area contributed by atoms with Crippen LogP contribution in [0.5, 0.6) is 0 Å². The number of benzene rings is 8. The molecule has 2 heterocycles. The average Bonchev–Trinajstić information content (AvgIpc) is 3.70. The highest BCUT2D eigenvalue weighted by Crippen LogP contribution is 2.56. The zero-order valence-corrected chi connectivity index (χ0v) is 32.6. The SMILES string of the molecule is NC(=O)c1ccc2c(c1)C1(N=c3c(=C4C(=O)C(c5ccc6cccc7c6c5NC5(N7)c6ccccc6-c6ccc(C(N)=O)cc65)=C4O)ccc4cccc(c34)N1)c1ccccc1-2. The number of nitrogens with one attached hydrogen (secondary N) is 3. The van der Waals surface area contributed by atoms with Crippen molar-refractivity contribution in [3.8, 4) is 22.3 Å². The summed E-state index contributed by atoms with van der Waals surface area (Å²) in [6.45, 7) is 0. The summed E-state index contributed by atoms with van der Waals surface area (Å²) in [7, 11) is 0. The molecule has 3 aliphatic carbocycles. The van der Waals surface area contributed by atoms with Gasteiger partial charge in [-0.2, -0.15) is 0 Å². The number of allylic oxidation sites excluding steroid dienone is 2. The summed E-state index contributed by atoms with van der Waals surface area (Å²) >= 11 is 0. The van der Waals surface area contributed by atoms with Gasteiger partial charge in [-0.1, -0.05) is 109 Å². The largest absolute Gasteiger partial charge is 0.506 e. The number of hydrogen-bond donors (Lipinski definition) is 6. The second-order valence-electron chi connectivity index (χ2n) is 16.5. The van der Waals surface area contributed by atoms with Crippen LogP contribution in [0.4, 0.5) is 17.1 Å². The van der Waals surface area contributed by atoms with Crippen molar-refractivity contribution in [1.29, 1.82) is 0 Å². The third-order valence-corrected chi connectivity index (χ3v) is 13.4. The number of amides is 2. The summed E-state index contributed by atoms with van der Waals surface area (Å²) in [5, 5.41) is 28.3. The molecule has 2 atom stereocenters. The molecular weight excluding hydrogens is 773 g/mol. The highest BCUT2D eigenvalue weighted by Gasteiger charge is 2.49. The summed E-state index contributed by atoms with van der Waals surface area (Å²) in [6, 6.07) is 46.5. The number of carbonyl (C=O) groups excluding carboxylic acids is 3. The molecule has 2 unspecified atom stereocenters. The summed E-state index contributed by atoms with van der Waals surface area (Å²) < 4.78 is 0. The fourth-order valence-electron chi connectivity index (χ4n) is 10.7. The molecule has 8 aromatic rings. The fourth-order valence-corrected chi connectivity index (χ4v) is 10.7. The molecule has 8 aromatic carbocycles. The molecule has 0 bridgehead atoms. The number of carbonyl (C=O) groups is 3. The third kappa shape index (κ3) is 4.17. The van der Waals surface area contributed by atoms with Gasteiger partial charge in [-0.15, -0.1) is 0 Å². The minimum atomic E-state index is -1.17. The topological polar surface area (TPSA) is 172 Å². The molecule has 62 heavy (non-hydrogen) atoms. The monoisotopic (exact) mass is 804 g/mol. The molecule has 0 saturated carbocycles. The third-order valence-electron chi connectivity index (χ3n) is 13.4. The van der Waals surface area contributed by atoms with Gasteiger partial charge in [0, 0.05) is 66.3 Å². The Bertz CT molecular complexity index is 3690. The Kier molecular flexibility index (Phi) is 6.44. The van der Waals surface area contributed by atoms with Gasteiger partial charge >= 0.3 is 0 Å². The normalized spacial score (nSPS) is 20.1. The van der Waals surface area contributed by atoms with Crippen LogP contribution in [0.15, 0.2) is 156 Å². The number of nitrogens with zero attached hydrogens (tertiary/aromatic N) is 1. The van der Waals surface area contributed by atoms with Crippen LogP contribution in [0.25, 0.3) is 54.9 Å². The minimum Gasteiger partial charge on any atom is -0.506 e. The Morgan fingerprint density at radius 3 is 1.82 bits per heavy atom. The molecule has 5 aliphatic rings. The Labute approximate surface area is 352 Å². The van der Waals surface area contributed by atoms with Gasteiger partial charge in [-0.25, -0.2) is 4.99 Å². The van der Waals surface area contributed by atoms with Crippen LogP contribution in [0.2, 0.25) is 0 Å². The number of aliphatic hydroxyl groups excluding tert-OH is 1. The first-order valence-electron chi connectivity index (χ1n) is 20.3. The molecule has 8 N–H and O–H groups in total. The van der Waals surface area contributed by atoms with Gasteiger partial charge in [-0.3, -0.25) is 14.4 Å². The standard InChI is InChI=1S/C52H32N6O4/c53-49(61)27-17-19-31-29-9-1-3-11-35(29)51(37(31)23-27)55-39-13-5-7-25-15-21-33(45(57-51)41(25)39)43-47(59)44(48(43)60)34-22-16-26-8-6-14-40-42(26)46(34)58-52(56-40)36-12-4-2-10-30(36)32-20-18-28(50(54)62)24-38(32)52/h1-24,55-57,59H,(H2,53,61)(H2,54,62). The number of fused-ring (bicyclic) bond motifs is 10. The number of primary amides is 2. The van der Waals surface area contributed by atoms with Crippen LogP contribution in [0, 0.1) is 0 Å². The lowest BCUT2D eigenvalue weighted by atomic mass is 9.79. The number of Topliss-reactive ketones (excluding diaryl/α,β-unsaturated/α-hetero) is 1. The van der Waals surface area contributed by atoms with E-state index in [-0.39, 0.29) is 22.7 Å². The maximum absolute atomic E-state index is 15.0. The molecule has 2 amide bonds. The Morgan fingerprint density at radius 2 is 1.11 bits per heavy atom. The second kappa shape index (κ2) is 11.6. The van der Waals surface area contributed by atoms with E-state index in [2.05, 4.69) is 22.0 Å². The molecule has 0 radical (unpaired) electrons. The summed E-state index contributed by atoms with van der Waals surface area (Å²) in [6.07, 6.45) is 0. The number of hydrogen-bond acceptors (Lipinski definition) is 8. The number of aliphatic hydroxyl groups is 1. The van der Waals surface area contributed by atoms with E-state index in [1.165, 1.54) is 0 Å². The van der Waals surface area contributed by atoms with Gasteiger partial charge in [0.2, 0.25) is 17.6 Å². The fraction of sp³-hybridized carbons (Fsp3) is 0.0385. The molecular formula is C52H32N6O4. The van der Waals surface area contributed by atoms with E-state index in [0.29, 0.717) is 33.0 Å². The maximum Gasteiger partial charge on any atom is 0.248 e. The molecule has 0 fully saturated rings. The zero-order valence-electron chi connectivity index (χ0n) is 32.6. The van der Waals surface area contributed by atoms with Crippen molar-refractivity contribution in [1.82, 2.24) is 0 Å². The summed E-state index contributed by atoms with van der Waals surface area (Å²) in [4.78, 5) is 45.6. The minimum absolute atomic E-state index is 0.139. The van der Waals surface area contributed by atoms with Crippen LogP contribution in [-0.2, 0) is 16.1 Å². The highest BCUT2D eigenvalue weighted by molar-refractivity contribution is 6.52. The predicted molar refractivity (Wildman–Crippen MR) is 240 cm³/mol. The van der Waals surface area contributed by atoms with Crippen molar-refractivity contribution >= 4 is 67.4 Å². The first kappa shape index (κ1) is 34.4. The number of anilines is 3. The van der Waals surface area contributed by atoms with Crippen LogP contribution in [-0.4, -0.2) is 22.7 Å². The molecule has 13 rings (SSSR count). The van der Waals surface area contributed by atoms with Crippen molar-refractivity contribution in [3.63, 3.8) is 0 Å². The maximum atomic E-state index is 15.0. The van der Waals surface area contributed by atoms with E-state index in [4.69, 9.17) is 16.5 Å². The van der Waals surface area contributed by atoms with Gasteiger partial charge in [0.15, 0.2) is 11.3 Å². The predicted octanol–water partition coefficient (Wildman–Crippen LogP) is 7.54. The first-order chi connectivity index (χ1) is 30.2. The van der Waals surface area contributed by atoms with Crippen molar-refractivity contribution in [3.05, 3.63) is 201 Å². The lowest BCUT2D eigenvalue weighted by Gasteiger charge is -2.41. The van der Waals surface area contributed by atoms with Gasteiger partial charge in [0.25, 0.3) is 0 Å². The Morgan fingerprint density at radius 1 is 0.532 bits per heavy atom.